The monoisotopic (exact) mass is 345 g/mol. The quantitative estimate of drug-likeness (QED) is 0.805. The van der Waals surface area contributed by atoms with E-state index in [1.165, 1.54) is 0 Å². The summed E-state index contributed by atoms with van der Waals surface area (Å²) in [5, 5.41) is 2.93. The molecule has 0 bridgehead atoms. The zero-order valence-electron chi connectivity index (χ0n) is 13.1. The number of carbonyl (C=O) groups excluding carboxylic acids is 2. The van der Waals surface area contributed by atoms with Gasteiger partial charge >= 0.3 is 5.97 Å². The van der Waals surface area contributed by atoms with Crippen molar-refractivity contribution >= 4 is 23.2 Å². The number of benzene rings is 1. The Labute approximate surface area is 144 Å². The number of aromatic nitrogens is 1. The van der Waals surface area contributed by atoms with Crippen LogP contribution < -0.4 is 5.73 Å². The molecule has 2 N–H and O–H groups in total. The Bertz CT molecular complexity index is 690. The molecule has 24 heavy (non-hydrogen) atoms. The van der Waals surface area contributed by atoms with Crippen LogP contribution in [0.2, 0.25) is 0 Å². The summed E-state index contributed by atoms with van der Waals surface area (Å²) in [4.78, 5) is 30.0. The predicted octanol–water partition coefficient (Wildman–Crippen LogP) is 1.68. The van der Waals surface area contributed by atoms with Crippen molar-refractivity contribution in [3.8, 4) is 0 Å². The Hall–Kier alpha value is -2.25. The van der Waals surface area contributed by atoms with E-state index in [1.807, 2.05) is 11.4 Å². The van der Waals surface area contributed by atoms with E-state index in [9.17, 15) is 9.59 Å². The second kappa shape index (κ2) is 7.55. The van der Waals surface area contributed by atoms with Crippen LogP contribution >= 0.6 is 11.3 Å². The molecule has 1 aliphatic heterocycles. The maximum Gasteiger partial charge on any atom is 0.338 e. The molecule has 0 aliphatic carbocycles. The summed E-state index contributed by atoms with van der Waals surface area (Å²) in [6, 6.07) is 8.86. The van der Waals surface area contributed by atoms with Crippen molar-refractivity contribution in [1.82, 2.24) is 9.88 Å². The molecule has 1 aromatic heterocycles. The van der Waals surface area contributed by atoms with Crippen molar-refractivity contribution in [3.63, 3.8) is 0 Å². The highest BCUT2D eigenvalue weighted by Crippen LogP contribution is 2.26. The molecule has 2 heterocycles. The highest BCUT2D eigenvalue weighted by Gasteiger charge is 2.36. The van der Waals surface area contributed by atoms with Crippen LogP contribution in [-0.2, 0) is 16.1 Å². The van der Waals surface area contributed by atoms with Gasteiger partial charge in [-0.1, -0.05) is 18.2 Å². The molecule has 2 atom stereocenters. The second-order valence-corrected chi connectivity index (χ2v) is 6.84. The fourth-order valence-electron chi connectivity index (χ4n) is 2.95. The molecule has 7 heteroatoms. The Balaban J connectivity index is 1.66. The normalized spacial score (nSPS) is 20.8. The molecule has 126 valence electrons. The minimum atomic E-state index is -0.378. The maximum atomic E-state index is 12.3. The van der Waals surface area contributed by atoms with E-state index in [-0.39, 0.29) is 30.3 Å². The molecule has 1 amide bonds. The van der Waals surface area contributed by atoms with Crippen molar-refractivity contribution in [2.75, 3.05) is 13.1 Å². The molecule has 0 unspecified atom stereocenters. The van der Waals surface area contributed by atoms with Gasteiger partial charge in [0.25, 0.3) is 0 Å². The van der Waals surface area contributed by atoms with Gasteiger partial charge in [-0.15, -0.1) is 11.3 Å². The number of thiazole rings is 1. The number of primary amides is 1. The van der Waals surface area contributed by atoms with Crippen molar-refractivity contribution in [2.24, 2.45) is 11.7 Å². The number of rotatable bonds is 6. The summed E-state index contributed by atoms with van der Waals surface area (Å²) in [5.74, 6) is -0.835. The first-order valence-electron chi connectivity index (χ1n) is 7.77. The summed E-state index contributed by atoms with van der Waals surface area (Å²) >= 11 is 1.58. The van der Waals surface area contributed by atoms with Gasteiger partial charge in [0, 0.05) is 37.0 Å². The van der Waals surface area contributed by atoms with Crippen molar-refractivity contribution in [3.05, 3.63) is 52.5 Å². The van der Waals surface area contributed by atoms with Gasteiger partial charge in [-0.3, -0.25) is 9.69 Å². The van der Waals surface area contributed by atoms with E-state index in [2.05, 4.69) is 9.88 Å². The van der Waals surface area contributed by atoms with Crippen LogP contribution in [-0.4, -0.2) is 41.0 Å². The SMILES string of the molecule is NC(=O)C[C@H]1CN(Cc2nccs2)C[C@H]1OC(=O)c1ccccc1. The second-order valence-electron chi connectivity index (χ2n) is 5.86. The van der Waals surface area contributed by atoms with E-state index < -0.39 is 0 Å². The average molecular weight is 345 g/mol. The average Bonchev–Trinajstić information content (AvgIpc) is 3.19. The molecule has 0 spiro atoms. The minimum Gasteiger partial charge on any atom is -0.457 e. The largest absolute Gasteiger partial charge is 0.457 e. The van der Waals surface area contributed by atoms with Gasteiger partial charge in [0.2, 0.25) is 5.91 Å². The van der Waals surface area contributed by atoms with Gasteiger partial charge in [0.1, 0.15) is 11.1 Å². The maximum absolute atomic E-state index is 12.3. The number of ether oxygens (including phenoxy) is 1. The highest BCUT2D eigenvalue weighted by molar-refractivity contribution is 7.09. The Morgan fingerprint density at radius 1 is 1.29 bits per heavy atom. The third-order valence-electron chi connectivity index (χ3n) is 4.03. The van der Waals surface area contributed by atoms with Gasteiger partial charge in [-0.25, -0.2) is 9.78 Å². The molecule has 6 nitrogen and oxygen atoms in total. The Morgan fingerprint density at radius 2 is 2.08 bits per heavy atom. The Morgan fingerprint density at radius 3 is 2.75 bits per heavy atom. The predicted molar refractivity (Wildman–Crippen MR) is 90.3 cm³/mol. The number of likely N-dealkylation sites (tertiary alicyclic amines) is 1. The molecule has 1 fully saturated rings. The number of carbonyl (C=O) groups is 2. The molecule has 2 aromatic rings. The van der Waals surface area contributed by atoms with Crippen LogP contribution in [0.15, 0.2) is 41.9 Å². The Kier molecular flexibility index (Phi) is 5.22. The standard InChI is InChI=1S/C17H19N3O3S/c18-15(21)8-13-9-20(11-16-19-6-7-24-16)10-14(13)23-17(22)12-4-2-1-3-5-12/h1-7,13-14H,8-11H2,(H2,18,21)/t13-,14+/m0/s1. The van der Waals surface area contributed by atoms with E-state index >= 15 is 0 Å². The van der Waals surface area contributed by atoms with Gasteiger partial charge in [0.05, 0.1) is 12.1 Å². The van der Waals surface area contributed by atoms with Crippen LogP contribution in [0.25, 0.3) is 0 Å². The number of hydrogen-bond acceptors (Lipinski definition) is 6. The topological polar surface area (TPSA) is 85.5 Å². The fourth-order valence-corrected chi connectivity index (χ4v) is 3.60. The van der Waals surface area contributed by atoms with Crippen LogP contribution in [0.5, 0.6) is 0 Å². The van der Waals surface area contributed by atoms with E-state index in [0.29, 0.717) is 25.2 Å². The third kappa shape index (κ3) is 4.18. The van der Waals surface area contributed by atoms with Gasteiger partial charge in [0.15, 0.2) is 0 Å². The molecule has 0 radical (unpaired) electrons. The number of nitrogens with zero attached hydrogens (tertiary/aromatic N) is 2. The third-order valence-corrected chi connectivity index (χ3v) is 4.79. The first-order valence-corrected chi connectivity index (χ1v) is 8.65. The first-order chi connectivity index (χ1) is 11.6. The lowest BCUT2D eigenvalue weighted by Gasteiger charge is -2.17. The lowest BCUT2D eigenvalue weighted by atomic mass is 10.0. The van der Waals surface area contributed by atoms with Crippen molar-refractivity contribution in [2.45, 2.75) is 19.1 Å². The van der Waals surface area contributed by atoms with Gasteiger partial charge in [-0.05, 0) is 12.1 Å². The molecule has 1 aliphatic rings. The molecule has 1 saturated heterocycles. The van der Waals surface area contributed by atoms with Crippen molar-refractivity contribution < 1.29 is 14.3 Å². The van der Waals surface area contributed by atoms with Crippen molar-refractivity contribution in [1.29, 1.82) is 0 Å². The first kappa shape index (κ1) is 16.6. The molecular weight excluding hydrogens is 326 g/mol. The van der Waals surface area contributed by atoms with Gasteiger partial charge < -0.3 is 10.5 Å². The molecular formula is C17H19N3O3S. The summed E-state index contributed by atoms with van der Waals surface area (Å²) < 4.78 is 5.65. The highest BCUT2D eigenvalue weighted by atomic mass is 32.1. The summed E-state index contributed by atoms with van der Waals surface area (Å²) in [7, 11) is 0. The smallest absolute Gasteiger partial charge is 0.338 e. The number of hydrogen-bond donors (Lipinski definition) is 1. The summed E-state index contributed by atoms with van der Waals surface area (Å²) in [6.45, 7) is 1.93. The summed E-state index contributed by atoms with van der Waals surface area (Å²) in [6.07, 6.45) is 1.63. The van der Waals surface area contributed by atoms with Crippen LogP contribution in [0.4, 0.5) is 0 Å². The summed E-state index contributed by atoms with van der Waals surface area (Å²) in [5.41, 5.74) is 5.86. The number of amides is 1. The molecule has 0 saturated carbocycles. The fraction of sp³-hybridized carbons (Fsp3) is 0.353. The molecule has 1 aromatic carbocycles. The lowest BCUT2D eigenvalue weighted by Crippen LogP contribution is -2.29. The number of nitrogens with two attached hydrogens (primary N) is 1. The number of esters is 1. The lowest BCUT2D eigenvalue weighted by molar-refractivity contribution is -0.119. The van der Waals surface area contributed by atoms with E-state index in [4.69, 9.17) is 10.5 Å². The zero-order valence-corrected chi connectivity index (χ0v) is 13.9. The van der Waals surface area contributed by atoms with E-state index in [0.717, 1.165) is 5.01 Å². The van der Waals surface area contributed by atoms with Crippen LogP contribution in [0, 0.1) is 5.92 Å². The van der Waals surface area contributed by atoms with Crippen LogP contribution in [0.1, 0.15) is 21.8 Å². The van der Waals surface area contributed by atoms with Gasteiger partial charge in [-0.2, -0.15) is 0 Å². The molecule has 3 rings (SSSR count). The van der Waals surface area contributed by atoms with Crippen LogP contribution in [0.3, 0.4) is 0 Å². The minimum absolute atomic E-state index is 0.0878. The zero-order chi connectivity index (χ0) is 16.9. The van der Waals surface area contributed by atoms with E-state index in [1.54, 1.807) is 41.8 Å².